The van der Waals surface area contributed by atoms with Crippen LogP contribution in [0.5, 0.6) is 5.75 Å². The van der Waals surface area contributed by atoms with Gasteiger partial charge >= 0.3 is 6.36 Å². The van der Waals surface area contributed by atoms with Gasteiger partial charge in [-0.25, -0.2) is 0 Å². The molecule has 1 aliphatic carbocycles. The fraction of sp³-hybridized carbons (Fsp3) is 0.625. The molecule has 0 aliphatic heterocycles. The van der Waals surface area contributed by atoms with Crippen molar-refractivity contribution in [3.05, 3.63) is 29.8 Å². The van der Waals surface area contributed by atoms with Gasteiger partial charge in [0.25, 0.3) is 0 Å². The molecule has 1 saturated carbocycles. The van der Waals surface area contributed by atoms with Gasteiger partial charge in [0.2, 0.25) is 0 Å². The molecule has 0 spiro atoms. The molecule has 2 rings (SSSR count). The van der Waals surface area contributed by atoms with Crippen molar-refractivity contribution in [2.75, 3.05) is 0 Å². The topological polar surface area (TPSA) is 29.5 Å². The largest absolute Gasteiger partial charge is 0.573 e. The van der Waals surface area contributed by atoms with E-state index in [4.69, 9.17) is 0 Å². The summed E-state index contributed by atoms with van der Waals surface area (Å²) in [5.74, 6) is -0.233. The fourth-order valence-corrected chi connectivity index (χ4v) is 2.76. The van der Waals surface area contributed by atoms with Crippen molar-refractivity contribution in [3.63, 3.8) is 0 Å². The summed E-state index contributed by atoms with van der Waals surface area (Å²) >= 11 is 0. The summed E-state index contributed by atoms with van der Waals surface area (Å²) in [4.78, 5) is 0. The normalized spacial score (nSPS) is 21.0. The summed E-state index contributed by atoms with van der Waals surface area (Å²) in [7, 11) is 0. The first-order valence-electron chi connectivity index (χ1n) is 7.14. The SMILES string of the molecule is CC1(C)CCC(O)(Cc2ccc(OC(F)(F)F)cc2)CC1. The van der Waals surface area contributed by atoms with Crippen LogP contribution in [0.25, 0.3) is 0 Å². The Bertz CT molecular complexity index is 467. The van der Waals surface area contributed by atoms with Crippen LogP contribution in [0.2, 0.25) is 0 Å². The highest BCUT2D eigenvalue weighted by atomic mass is 19.4. The molecule has 21 heavy (non-hydrogen) atoms. The lowest BCUT2D eigenvalue weighted by molar-refractivity contribution is -0.274. The van der Waals surface area contributed by atoms with E-state index in [1.54, 1.807) is 12.1 Å². The molecule has 0 amide bonds. The minimum atomic E-state index is -4.67. The van der Waals surface area contributed by atoms with Crippen LogP contribution in [0, 0.1) is 5.41 Å². The second-order valence-corrected chi connectivity index (χ2v) is 6.76. The van der Waals surface area contributed by atoms with Crippen LogP contribution in [0.4, 0.5) is 13.2 Å². The quantitative estimate of drug-likeness (QED) is 0.893. The molecule has 1 aliphatic rings. The summed E-state index contributed by atoms with van der Waals surface area (Å²) in [6, 6.07) is 5.75. The molecule has 1 fully saturated rings. The Balaban J connectivity index is 1.97. The van der Waals surface area contributed by atoms with Gasteiger partial charge in [0.05, 0.1) is 5.60 Å². The zero-order valence-corrected chi connectivity index (χ0v) is 12.3. The first-order chi connectivity index (χ1) is 9.57. The number of aliphatic hydroxyl groups is 1. The zero-order valence-electron chi connectivity index (χ0n) is 12.3. The Kier molecular flexibility index (Phi) is 4.24. The van der Waals surface area contributed by atoms with Gasteiger partial charge in [-0.2, -0.15) is 0 Å². The smallest absolute Gasteiger partial charge is 0.406 e. The second kappa shape index (κ2) is 5.52. The van der Waals surface area contributed by atoms with E-state index in [9.17, 15) is 18.3 Å². The molecule has 0 aromatic heterocycles. The summed E-state index contributed by atoms with van der Waals surface area (Å²) in [5, 5.41) is 10.6. The number of alkyl halides is 3. The standard InChI is InChI=1S/C16H21F3O2/c1-14(2)7-9-15(20,10-8-14)11-12-3-5-13(6-4-12)21-16(17,18)19/h3-6,20H,7-11H2,1-2H3. The summed E-state index contributed by atoms with van der Waals surface area (Å²) in [6.07, 6.45) is -0.844. The van der Waals surface area contributed by atoms with E-state index in [-0.39, 0.29) is 11.2 Å². The molecule has 0 atom stereocenters. The lowest BCUT2D eigenvalue weighted by Crippen LogP contribution is -2.38. The highest BCUT2D eigenvalue weighted by Crippen LogP contribution is 2.41. The van der Waals surface area contributed by atoms with Crippen LogP contribution in [0.1, 0.15) is 45.1 Å². The predicted molar refractivity (Wildman–Crippen MR) is 74.0 cm³/mol. The maximum absolute atomic E-state index is 12.1. The maximum atomic E-state index is 12.1. The Labute approximate surface area is 122 Å². The molecule has 0 unspecified atom stereocenters. The summed E-state index contributed by atoms with van der Waals surface area (Å²) < 4.78 is 40.1. The molecule has 0 bridgehead atoms. The van der Waals surface area contributed by atoms with E-state index in [0.29, 0.717) is 6.42 Å². The third-order valence-electron chi connectivity index (χ3n) is 4.22. The molecule has 0 heterocycles. The first kappa shape index (κ1) is 16.1. The lowest BCUT2D eigenvalue weighted by Gasteiger charge is -2.40. The zero-order chi connectivity index (χ0) is 15.7. The number of halogens is 3. The van der Waals surface area contributed by atoms with Crippen LogP contribution < -0.4 is 4.74 Å². The van der Waals surface area contributed by atoms with Gasteiger partial charge in [-0.05, 0) is 48.8 Å². The highest BCUT2D eigenvalue weighted by Gasteiger charge is 2.36. The average molecular weight is 302 g/mol. The Morgan fingerprint density at radius 3 is 2.05 bits per heavy atom. The monoisotopic (exact) mass is 302 g/mol. The van der Waals surface area contributed by atoms with Crippen molar-refractivity contribution in [1.82, 2.24) is 0 Å². The molecule has 1 N–H and O–H groups in total. The number of hydrogen-bond donors (Lipinski definition) is 1. The van der Waals surface area contributed by atoms with Crippen molar-refractivity contribution in [2.45, 2.75) is 57.9 Å². The summed E-state index contributed by atoms with van der Waals surface area (Å²) in [6.45, 7) is 4.38. The van der Waals surface area contributed by atoms with Crippen LogP contribution in [0.15, 0.2) is 24.3 Å². The molecule has 1 aromatic carbocycles. The number of rotatable bonds is 3. The maximum Gasteiger partial charge on any atom is 0.573 e. The number of ether oxygens (including phenoxy) is 1. The highest BCUT2D eigenvalue weighted by molar-refractivity contribution is 5.28. The second-order valence-electron chi connectivity index (χ2n) is 6.76. The third-order valence-corrected chi connectivity index (χ3v) is 4.22. The van der Waals surface area contributed by atoms with Gasteiger partial charge in [0.1, 0.15) is 5.75 Å². The van der Waals surface area contributed by atoms with Crippen LogP contribution in [-0.4, -0.2) is 17.1 Å². The van der Waals surface area contributed by atoms with Gasteiger partial charge in [-0.3, -0.25) is 0 Å². The van der Waals surface area contributed by atoms with Crippen molar-refractivity contribution >= 4 is 0 Å². The number of benzene rings is 1. The van der Waals surface area contributed by atoms with E-state index >= 15 is 0 Å². The fourth-order valence-electron chi connectivity index (χ4n) is 2.76. The van der Waals surface area contributed by atoms with Gasteiger partial charge < -0.3 is 9.84 Å². The van der Waals surface area contributed by atoms with E-state index in [0.717, 1.165) is 31.2 Å². The minimum absolute atomic E-state index is 0.233. The van der Waals surface area contributed by atoms with E-state index in [2.05, 4.69) is 18.6 Å². The van der Waals surface area contributed by atoms with Crippen molar-refractivity contribution in [2.24, 2.45) is 5.41 Å². The van der Waals surface area contributed by atoms with Gasteiger partial charge in [0, 0.05) is 6.42 Å². The average Bonchev–Trinajstić information content (AvgIpc) is 2.35. The van der Waals surface area contributed by atoms with Gasteiger partial charge in [-0.1, -0.05) is 26.0 Å². The molecule has 0 saturated heterocycles. The van der Waals surface area contributed by atoms with E-state index in [1.165, 1.54) is 12.1 Å². The lowest BCUT2D eigenvalue weighted by atomic mass is 9.69. The summed E-state index contributed by atoms with van der Waals surface area (Å²) in [5.41, 5.74) is 0.338. The van der Waals surface area contributed by atoms with Crippen LogP contribution in [0.3, 0.4) is 0 Å². The number of hydrogen-bond acceptors (Lipinski definition) is 2. The van der Waals surface area contributed by atoms with Crippen molar-refractivity contribution < 1.29 is 23.0 Å². The molecule has 118 valence electrons. The molecular formula is C16H21F3O2. The molecule has 1 aromatic rings. The molecule has 5 heteroatoms. The van der Waals surface area contributed by atoms with Crippen LogP contribution >= 0.6 is 0 Å². The van der Waals surface area contributed by atoms with E-state index in [1.807, 2.05) is 0 Å². The Hall–Kier alpha value is -1.23. The molecular weight excluding hydrogens is 281 g/mol. The first-order valence-corrected chi connectivity index (χ1v) is 7.14. The van der Waals surface area contributed by atoms with Crippen molar-refractivity contribution in [3.8, 4) is 5.75 Å². The predicted octanol–water partition coefficient (Wildman–Crippen LogP) is 4.46. The van der Waals surface area contributed by atoms with Crippen LogP contribution in [-0.2, 0) is 6.42 Å². The molecule has 0 radical (unpaired) electrons. The third kappa shape index (κ3) is 4.92. The van der Waals surface area contributed by atoms with Crippen molar-refractivity contribution in [1.29, 1.82) is 0 Å². The minimum Gasteiger partial charge on any atom is -0.406 e. The van der Waals surface area contributed by atoms with E-state index < -0.39 is 12.0 Å². The van der Waals surface area contributed by atoms with Gasteiger partial charge in [0.15, 0.2) is 0 Å². The Morgan fingerprint density at radius 1 is 1.05 bits per heavy atom. The van der Waals surface area contributed by atoms with Gasteiger partial charge in [-0.15, -0.1) is 13.2 Å². The molecule has 2 nitrogen and oxygen atoms in total. The Morgan fingerprint density at radius 2 is 1.57 bits per heavy atom.